The van der Waals surface area contributed by atoms with Crippen LogP contribution >= 0.6 is 0 Å². The quantitative estimate of drug-likeness (QED) is 0.529. The molecule has 0 saturated carbocycles. The third-order valence-corrected chi connectivity index (χ3v) is 4.00. The lowest BCUT2D eigenvalue weighted by Gasteiger charge is -2.25. The van der Waals surface area contributed by atoms with Gasteiger partial charge in [-0.3, -0.25) is 0 Å². The maximum Gasteiger partial charge on any atom is 0.0462 e. The van der Waals surface area contributed by atoms with Crippen molar-refractivity contribution in [1.82, 2.24) is 0 Å². The zero-order valence-corrected chi connectivity index (χ0v) is 13.4. The zero-order valence-electron chi connectivity index (χ0n) is 13.4. The van der Waals surface area contributed by atoms with Gasteiger partial charge in [-0.2, -0.15) is 0 Å². The molecule has 1 nitrogen and oxygen atoms in total. The van der Waals surface area contributed by atoms with Crippen LogP contribution in [0.25, 0.3) is 6.08 Å². The predicted octanol–water partition coefficient (Wildman–Crippen LogP) is 6.36. The Bertz CT molecular complexity index is 755. The van der Waals surface area contributed by atoms with E-state index in [4.69, 9.17) is 0 Å². The molecule has 0 fully saturated rings. The Morgan fingerprint density at radius 2 is 1.26 bits per heavy atom. The van der Waals surface area contributed by atoms with Crippen LogP contribution in [-0.2, 0) is 6.42 Å². The highest BCUT2D eigenvalue weighted by Crippen LogP contribution is 2.34. The van der Waals surface area contributed by atoms with E-state index in [1.807, 2.05) is 12.1 Å². The molecule has 0 aromatic heterocycles. The summed E-state index contributed by atoms with van der Waals surface area (Å²) >= 11 is 0. The van der Waals surface area contributed by atoms with E-state index in [1.54, 1.807) is 0 Å². The van der Waals surface area contributed by atoms with Crippen molar-refractivity contribution in [2.45, 2.75) is 13.3 Å². The Morgan fingerprint density at radius 1 is 0.739 bits per heavy atom. The van der Waals surface area contributed by atoms with Crippen LogP contribution in [0, 0.1) is 0 Å². The average Bonchev–Trinajstić information content (AvgIpc) is 2.64. The number of hydrogen-bond donors (Lipinski definition) is 0. The van der Waals surface area contributed by atoms with Gasteiger partial charge in [0.25, 0.3) is 0 Å². The summed E-state index contributed by atoms with van der Waals surface area (Å²) in [6.45, 7) is 6.01. The van der Waals surface area contributed by atoms with Gasteiger partial charge in [-0.05, 0) is 53.9 Å². The highest BCUT2D eigenvalue weighted by atomic mass is 15.1. The number of benzene rings is 3. The zero-order chi connectivity index (χ0) is 16.1. The predicted molar refractivity (Wildman–Crippen MR) is 101 cm³/mol. The third kappa shape index (κ3) is 3.35. The molecule has 3 rings (SSSR count). The summed E-state index contributed by atoms with van der Waals surface area (Å²) in [5.41, 5.74) is 5.95. The number of aryl methyl sites for hydroxylation is 1. The molecule has 114 valence electrons. The molecule has 0 aliphatic rings. The Balaban J connectivity index is 2.07. The molecular formula is C22H21N. The summed E-state index contributed by atoms with van der Waals surface area (Å²) < 4.78 is 0. The Kier molecular flexibility index (Phi) is 4.58. The summed E-state index contributed by atoms with van der Waals surface area (Å²) in [6, 6.07) is 27.7. The molecular weight excluding hydrogens is 278 g/mol. The maximum absolute atomic E-state index is 3.83. The molecule has 0 bridgehead atoms. The first-order chi connectivity index (χ1) is 11.3. The highest BCUT2D eigenvalue weighted by molar-refractivity contribution is 5.77. The highest BCUT2D eigenvalue weighted by Gasteiger charge is 2.11. The van der Waals surface area contributed by atoms with Crippen LogP contribution in [0.15, 0.2) is 85.4 Å². The SMILES string of the molecule is C=Cc1ccc(N(c2ccccc2)c2ccc(CC)cc2)cc1. The summed E-state index contributed by atoms with van der Waals surface area (Å²) in [7, 11) is 0. The van der Waals surface area contributed by atoms with Gasteiger partial charge in [0.2, 0.25) is 0 Å². The van der Waals surface area contributed by atoms with Crippen LogP contribution in [0.5, 0.6) is 0 Å². The second-order valence-corrected chi connectivity index (χ2v) is 5.49. The van der Waals surface area contributed by atoms with E-state index in [2.05, 4.69) is 91.2 Å². The van der Waals surface area contributed by atoms with Crippen molar-refractivity contribution in [1.29, 1.82) is 0 Å². The van der Waals surface area contributed by atoms with Gasteiger partial charge in [0.05, 0.1) is 0 Å². The minimum Gasteiger partial charge on any atom is -0.311 e. The number of rotatable bonds is 5. The molecule has 0 atom stereocenters. The van der Waals surface area contributed by atoms with Gasteiger partial charge in [0.1, 0.15) is 0 Å². The van der Waals surface area contributed by atoms with Gasteiger partial charge in [-0.25, -0.2) is 0 Å². The molecule has 0 radical (unpaired) electrons. The molecule has 0 unspecified atom stereocenters. The van der Waals surface area contributed by atoms with Crippen LogP contribution in [-0.4, -0.2) is 0 Å². The first kappa shape index (κ1) is 15.1. The van der Waals surface area contributed by atoms with E-state index >= 15 is 0 Å². The molecule has 0 spiro atoms. The van der Waals surface area contributed by atoms with Gasteiger partial charge >= 0.3 is 0 Å². The number of hydrogen-bond acceptors (Lipinski definition) is 1. The van der Waals surface area contributed by atoms with E-state index in [0.717, 1.165) is 23.4 Å². The molecule has 1 heteroatoms. The van der Waals surface area contributed by atoms with Crippen molar-refractivity contribution in [3.63, 3.8) is 0 Å². The number of para-hydroxylation sites is 1. The van der Waals surface area contributed by atoms with Crippen molar-refractivity contribution in [3.05, 3.63) is 96.6 Å². The van der Waals surface area contributed by atoms with Gasteiger partial charge in [0, 0.05) is 17.1 Å². The van der Waals surface area contributed by atoms with Gasteiger partial charge < -0.3 is 4.90 Å². The van der Waals surface area contributed by atoms with E-state index in [9.17, 15) is 0 Å². The van der Waals surface area contributed by atoms with E-state index < -0.39 is 0 Å². The van der Waals surface area contributed by atoms with Crippen molar-refractivity contribution in [2.75, 3.05) is 4.90 Å². The first-order valence-corrected chi connectivity index (χ1v) is 7.98. The van der Waals surface area contributed by atoms with Crippen LogP contribution in [0.3, 0.4) is 0 Å². The maximum atomic E-state index is 3.83. The van der Waals surface area contributed by atoms with Crippen molar-refractivity contribution in [3.8, 4) is 0 Å². The minimum absolute atomic E-state index is 1.06. The van der Waals surface area contributed by atoms with Crippen LogP contribution < -0.4 is 4.90 Å². The number of anilines is 3. The normalized spacial score (nSPS) is 10.3. The molecule has 3 aromatic carbocycles. The van der Waals surface area contributed by atoms with Gasteiger partial charge in [0.15, 0.2) is 0 Å². The molecule has 3 aromatic rings. The van der Waals surface area contributed by atoms with Crippen molar-refractivity contribution < 1.29 is 0 Å². The fourth-order valence-corrected chi connectivity index (χ4v) is 2.66. The second kappa shape index (κ2) is 6.97. The number of nitrogens with zero attached hydrogens (tertiary/aromatic N) is 1. The first-order valence-electron chi connectivity index (χ1n) is 7.98. The lowest BCUT2D eigenvalue weighted by molar-refractivity contribution is 1.14. The topological polar surface area (TPSA) is 3.24 Å². The van der Waals surface area contributed by atoms with E-state index in [-0.39, 0.29) is 0 Å². The average molecular weight is 299 g/mol. The lowest BCUT2D eigenvalue weighted by Crippen LogP contribution is -2.09. The molecule has 0 heterocycles. The summed E-state index contributed by atoms with van der Waals surface area (Å²) in [6.07, 6.45) is 2.92. The summed E-state index contributed by atoms with van der Waals surface area (Å²) in [5, 5.41) is 0. The Labute approximate surface area is 138 Å². The lowest BCUT2D eigenvalue weighted by atomic mass is 10.1. The van der Waals surface area contributed by atoms with Crippen molar-refractivity contribution >= 4 is 23.1 Å². The van der Waals surface area contributed by atoms with Crippen LogP contribution in [0.1, 0.15) is 18.1 Å². The summed E-state index contributed by atoms with van der Waals surface area (Å²) in [4.78, 5) is 2.27. The van der Waals surface area contributed by atoms with E-state index in [0.29, 0.717) is 0 Å². The fourth-order valence-electron chi connectivity index (χ4n) is 2.66. The molecule has 0 aliphatic heterocycles. The smallest absolute Gasteiger partial charge is 0.0462 e. The molecule has 0 aliphatic carbocycles. The molecule has 0 amide bonds. The third-order valence-electron chi connectivity index (χ3n) is 4.00. The standard InChI is InChI=1S/C22H21N/c1-3-18-10-14-21(15-11-18)23(20-8-6-5-7-9-20)22-16-12-19(4-2)13-17-22/h3,5-17H,1,4H2,2H3. The monoisotopic (exact) mass is 299 g/mol. The van der Waals surface area contributed by atoms with Crippen LogP contribution in [0.4, 0.5) is 17.1 Å². The Hall–Kier alpha value is -2.80. The van der Waals surface area contributed by atoms with Crippen LogP contribution in [0.2, 0.25) is 0 Å². The summed E-state index contributed by atoms with van der Waals surface area (Å²) in [5.74, 6) is 0. The minimum atomic E-state index is 1.06. The molecule has 0 saturated heterocycles. The van der Waals surface area contributed by atoms with Gasteiger partial charge in [-0.1, -0.05) is 62.0 Å². The fraction of sp³-hybridized carbons (Fsp3) is 0.0909. The van der Waals surface area contributed by atoms with E-state index in [1.165, 1.54) is 11.3 Å². The Morgan fingerprint density at radius 3 is 1.78 bits per heavy atom. The second-order valence-electron chi connectivity index (χ2n) is 5.49. The van der Waals surface area contributed by atoms with Crippen molar-refractivity contribution in [2.24, 2.45) is 0 Å². The largest absolute Gasteiger partial charge is 0.311 e. The molecule has 23 heavy (non-hydrogen) atoms. The molecule has 0 N–H and O–H groups in total. The van der Waals surface area contributed by atoms with Gasteiger partial charge in [-0.15, -0.1) is 0 Å².